The Morgan fingerprint density at radius 3 is 1.68 bits per heavy atom. The van der Waals surface area contributed by atoms with Crippen LogP contribution in [0.5, 0.6) is 0 Å². The first-order chi connectivity index (χ1) is 19.0. The van der Waals surface area contributed by atoms with E-state index in [1.807, 2.05) is 36.4 Å². The monoisotopic (exact) mass is 644 g/mol. The van der Waals surface area contributed by atoms with Gasteiger partial charge in [-0.3, -0.25) is 28.0 Å². The Bertz CT molecular complexity index is 1070. The molecule has 220 valence electrons. The second kappa shape index (κ2) is 17.3. The van der Waals surface area contributed by atoms with Crippen molar-refractivity contribution in [3.63, 3.8) is 0 Å². The van der Waals surface area contributed by atoms with Crippen molar-refractivity contribution in [1.29, 1.82) is 0 Å². The summed E-state index contributed by atoms with van der Waals surface area (Å²) in [5, 5.41) is -1.03. The standard InChI is InChI=1S/C27H34BrO11P/c1-19(37-21(3)30)25(39-27(28)26(38-22(4)31)17-33-20(2)29)18-36-40(32,34-15-23-11-7-5-8-12-23)35-16-24-13-9-6-10-14-24/h5-14,19,25-27H,15-18H2,1-4H3/t19-,25?,26+,27-/m0/s1. The zero-order valence-corrected chi connectivity index (χ0v) is 25.2. The first-order valence-electron chi connectivity index (χ1n) is 12.4. The van der Waals surface area contributed by atoms with E-state index in [1.165, 1.54) is 20.8 Å². The molecule has 0 saturated heterocycles. The lowest BCUT2D eigenvalue weighted by Crippen LogP contribution is -2.42. The summed E-state index contributed by atoms with van der Waals surface area (Å²) in [4.78, 5) is 34.6. The van der Waals surface area contributed by atoms with Crippen molar-refractivity contribution in [3.8, 4) is 0 Å². The zero-order valence-electron chi connectivity index (χ0n) is 22.7. The molecule has 11 nitrogen and oxygen atoms in total. The number of carbonyl (C=O) groups is 3. The van der Waals surface area contributed by atoms with Crippen LogP contribution in [0.3, 0.4) is 0 Å². The first kappa shape index (κ1) is 33.6. The molecule has 1 unspecified atom stereocenters. The van der Waals surface area contributed by atoms with Crippen molar-refractivity contribution in [3.05, 3.63) is 71.8 Å². The highest BCUT2D eigenvalue weighted by Gasteiger charge is 2.35. The molecule has 0 aromatic heterocycles. The summed E-state index contributed by atoms with van der Waals surface area (Å²) >= 11 is 3.28. The molecule has 0 saturated carbocycles. The Labute approximate surface area is 242 Å². The quantitative estimate of drug-likeness (QED) is 0.0986. The second-order valence-corrected chi connectivity index (χ2v) is 11.1. The number of benzene rings is 2. The van der Waals surface area contributed by atoms with E-state index in [0.29, 0.717) is 0 Å². The van der Waals surface area contributed by atoms with Crippen LogP contribution in [0, 0.1) is 0 Å². The van der Waals surface area contributed by atoms with Gasteiger partial charge in [0.1, 0.15) is 18.8 Å². The number of carbonyl (C=O) groups excluding carboxylic acids is 3. The van der Waals surface area contributed by atoms with Crippen LogP contribution in [0.25, 0.3) is 0 Å². The molecule has 0 radical (unpaired) electrons. The van der Waals surface area contributed by atoms with Crippen molar-refractivity contribution in [2.75, 3.05) is 13.2 Å². The predicted molar refractivity (Wildman–Crippen MR) is 147 cm³/mol. The van der Waals surface area contributed by atoms with Crippen LogP contribution >= 0.6 is 23.8 Å². The predicted octanol–water partition coefficient (Wildman–Crippen LogP) is 5.10. The molecule has 0 aliphatic heterocycles. The highest BCUT2D eigenvalue weighted by molar-refractivity contribution is 9.09. The van der Waals surface area contributed by atoms with Crippen molar-refractivity contribution in [2.45, 2.75) is 64.2 Å². The fraction of sp³-hybridized carbons (Fsp3) is 0.444. The maximum absolute atomic E-state index is 13.7. The van der Waals surface area contributed by atoms with Crippen LogP contribution in [0.2, 0.25) is 0 Å². The molecular formula is C27H34BrO11P. The van der Waals surface area contributed by atoms with Gasteiger partial charge in [-0.1, -0.05) is 76.6 Å². The van der Waals surface area contributed by atoms with E-state index in [9.17, 15) is 18.9 Å². The SMILES string of the molecule is CC(=O)OC[C@@H](OC(C)=O)[C@@H](Br)OC(COP(=O)(OCc1ccccc1)OCc1ccccc1)[C@H](C)OC(C)=O. The van der Waals surface area contributed by atoms with Crippen molar-refractivity contribution < 1.29 is 51.5 Å². The molecule has 2 aromatic rings. The van der Waals surface area contributed by atoms with Crippen molar-refractivity contribution >= 4 is 41.7 Å². The van der Waals surface area contributed by atoms with E-state index in [-0.39, 0.29) is 19.8 Å². The fourth-order valence-electron chi connectivity index (χ4n) is 3.19. The molecule has 0 heterocycles. The van der Waals surface area contributed by atoms with Gasteiger partial charge in [0.2, 0.25) is 0 Å². The fourth-order valence-corrected chi connectivity index (χ4v) is 4.89. The summed E-state index contributed by atoms with van der Waals surface area (Å²) in [5.41, 5.74) is 1.48. The van der Waals surface area contributed by atoms with Crippen LogP contribution in [0.4, 0.5) is 0 Å². The smallest absolute Gasteiger partial charge is 0.462 e. The van der Waals surface area contributed by atoms with Gasteiger partial charge in [0.25, 0.3) is 0 Å². The maximum atomic E-state index is 13.7. The van der Waals surface area contributed by atoms with Crippen molar-refractivity contribution in [2.24, 2.45) is 0 Å². The molecule has 13 heteroatoms. The molecule has 0 N–H and O–H groups in total. The summed E-state index contributed by atoms with van der Waals surface area (Å²) in [6, 6.07) is 18.1. The summed E-state index contributed by atoms with van der Waals surface area (Å²) in [6.07, 6.45) is -3.00. The lowest BCUT2D eigenvalue weighted by molar-refractivity contribution is -0.171. The van der Waals surface area contributed by atoms with E-state index in [0.717, 1.165) is 11.1 Å². The molecule has 2 aromatic carbocycles. The van der Waals surface area contributed by atoms with Gasteiger partial charge in [-0.2, -0.15) is 0 Å². The molecule has 0 spiro atoms. The zero-order chi connectivity index (χ0) is 29.5. The van der Waals surface area contributed by atoms with Gasteiger partial charge in [-0.15, -0.1) is 0 Å². The molecule has 0 fully saturated rings. The van der Waals surface area contributed by atoms with Crippen molar-refractivity contribution in [1.82, 2.24) is 0 Å². The topological polar surface area (TPSA) is 133 Å². The van der Waals surface area contributed by atoms with Crippen LogP contribution in [0.1, 0.15) is 38.8 Å². The Balaban J connectivity index is 2.20. The number of alkyl halides is 1. The molecular weight excluding hydrogens is 611 g/mol. The van der Waals surface area contributed by atoms with E-state index in [4.69, 9.17) is 32.5 Å². The summed E-state index contributed by atoms with van der Waals surface area (Å²) in [5.74, 6) is -1.82. The second-order valence-electron chi connectivity index (χ2n) is 8.55. The van der Waals surface area contributed by atoms with E-state index >= 15 is 0 Å². The number of halogens is 1. The summed E-state index contributed by atoms with van der Waals surface area (Å²) in [7, 11) is -4.18. The molecule has 4 atom stereocenters. The first-order valence-corrected chi connectivity index (χ1v) is 14.7. The molecule has 2 rings (SSSR count). The van der Waals surface area contributed by atoms with Crippen LogP contribution in [-0.2, 0) is 64.7 Å². The number of phosphoric ester groups is 1. The Kier molecular flexibility index (Phi) is 14.5. The third-order valence-electron chi connectivity index (χ3n) is 5.10. The van der Waals surface area contributed by atoms with Crippen LogP contribution < -0.4 is 0 Å². The molecule has 0 aliphatic carbocycles. The third-order valence-corrected chi connectivity index (χ3v) is 7.26. The van der Waals surface area contributed by atoms with Gasteiger partial charge in [0, 0.05) is 20.8 Å². The normalized spacial score (nSPS) is 14.4. The third kappa shape index (κ3) is 13.2. The lowest BCUT2D eigenvalue weighted by Gasteiger charge is -2.30. The van der Waals surface area contributed by atoms with E-state index in [2.05, 4.69) is 15.9 Å². The lowest BCUT2D eigenvalue weighted by atomic mass is 10.2. The molecule has 40 heavy (non-hydrogen) atoms. The number of rotatable bonds is 17. The Morgan fingerprint density at radius 1 is 0.725 bits per heavy atom. The van der Waals surface area contributed by atoms with Gasteiger partial charge in [-0.25, -0.2) is 4.57 Å². The molecule has 0 amide bonds. The van der Waals surface area contributed by atoms with Crippen LogP contribution in [-0.4, -0.2) is 54.4 Å². The maximum Gasteiger partial charge on any atom is 0.475 e. The highest BCUT2D eigenvalue weighted by atomic mass is 79.9. The Hall–Kier alpha value is -2.60. The van der Waals surface area contributed by atoms with Gasteiger partial charge >= 0.3 is 25.7 Å². The van der Waals surface area contributed by atoms with Gasteiger partial charge in [0.15, 0.2) is 11.1 Å². The van der Waals surface area contributed by atoms with Gasteiger partial charge < -0.3 is 18.9 Å². The minimum absolute atomic E-state index is 0.0596. The average molecular weight is 645 g/mol. The van der Waals surface area contributed by atoms with E-state index < -0.39 is 55.7 Å². The Morgan fingerprint density at radius 2 is 1.23 bits per heavy atom. The minimum atomic E-state index is -4.18. The number of esters is 3. The summed E-state index contributed by atoms with van der Waals surface area (Å²) < 4.78 is 52.0. The summed E-state index contributed by atoms with van der Waals surface area (Å²) in [6.45, 7) is 4.33. The minimum Gasteiger partial charge on any atom is -0.462 e. The largest absolute Gasteiger partial charge is 0.475 e. The molecule has 0 aliphatic rings. The number of ether oxygens (including phenoxy) is 4. The van der Waals surface area contributed by atoms with E-state index in [1.54, 1.807) is 31.2 Å². The van der Waals surface area contributed by atoms with Crippen LogP contribution in [0.15, 0.2) is 60.7 Å². The van der Waals surface area contributed by atoms with Gasteiger partial charge in [-0.05, 0) is 18.1 Å². The number of hydrogen-bond acceptors (Lipinski definition) is 11. The highest BCUT2D eigenvalue weighted by Crippen LogP contribution is 2.51. The average Bonchev–Trinajstić information content (AvgIpc) is 2.91. The molecule has 0 bridgehead atoms. The number of hydrogen-bond donors (Lipinski definition) is 0. The van der Waals surface area contributed by atoms with Gasteiger partial charge in [0.05, 0.1) is 19.8 Å². The number of phosphoric acid groups is 1.